The van der Waals surface area contributed by atoms with Crippen molar-refractivity contribution in [3.63, 3.8) is 0 Å². The second-order valence-electron chi connectivity index (χ2n) is 4.82. The van der Waals surface area contributed by atoms with Crippen molar-refractivity contribution in [3.05, 3.63) is 33.8 Å². The summed E-state index contributed by atoms with van der Waals surface area (Å²) in [6, 6.07) is 5.81. The number of carbonyl (C=O) groups excluding carboxylic acids is 1. The number of halogens is 2. The summed E-state index contributed by atoms with van der Waals surface area (Å²) in [5.41, 5.74) is 1.86. The van der Waals surface area contributed by atoms with Crippen molar-refractivity contribution in [1.82, 2.24) is 4.90 Å². The van der Waals surface area contributed by atoms with E-state index in [4.69, 9.17) is 11.6 Å². The molecule has 1 atom stereocenters. The van der Waals surface area contributed by atoms with Crippen LogP contribution in [0.25, 0.3) is 0 Å². The summed E-state index contributed by atoms with van der Waals surface area (Å²) >= 11 is 9.27. The Morgan fingerprint density at radius 1 is 1.56 bits per heavy atom. The summed E-state index contributed by atoms with van der Waals surface area (Å²) in [6.45, 7) is 3.69. The quantitative estimate of drug-likeness (QED) is 0.771. The number of hydrogen-bond donors (Lipinski definition) is 0. The minimum absolute atomic E-state index is 0.127. The Balaban J connectivity index is 2.11. The molecule has 2 rings (SSSR count). The second-order valence-corrected chi connectivity index (χ2v) is 5.99. The molecule has 2 nitrogen and oxygen atoms in total. The van der Waals surface area contributed by atoms with E-state index >= 15 is 0 Å². The Bertz CT molecular complexity index is 449. The van der Waals surface area contributed by atoms with Crippen LogP contribution in [-0.4, -0.2) is 29.8 Å². The molecule has 0 N–H and O–H groups in total. The third-order valence-electron chi connectivity index (χ3n) is 3.51. The molecule has 98 valence electrons. The van der Waals surface area contributed by atoms with Crippen LogP contribution in [0.3, 0.4) is 0 Å². The monoisotopic (exact) mass is 329 g/mol. The van der Waals surface area contributed by atoms with Crippen molar-refractivity contribution in [1.29, 1.82) is 0 Å². The molecule has 1 heterocycles. The van der Waals surface area contributed by atoms with E-state index in [0.717, 1.165) is 41.5 Å². The molecule has 18 heavy (non-hydrogen) atoms. The number of nitrogens with zero attached hydrogens (tertiary/aromatic N) is 1. The molecule has 0 aliphatic carbocycles. The van der Waals surface area contributed by atoms with E-state index in [1.807, 2.05) is 30.0 Å². The fourth-order valence-electron chi connectivity index (χ4n) is 2.39. The summed E-state index contributed by atoms with van der Waals surface area (Å²) in [6.07, 6.45) is 2.07. The van der Waals surface area contributed by atoms with Crippen molar-refractivity contribution in [2.75, 3.05) is 19.0 Å². The predicted octanol–water partition coefficient (Wildman–Crippen LogP) is 3.85. The van der Waals surface area contributed by atoms with E-state index in [9.17, 15) is 4.79 Å². The predicted molar refractivity (Wildman–Crippen MR) is 78.2 cm³/mol. The van der Waals surface area contributed by atoms with Crippen LogP contribution >= 0.6 is 27.5 Å². The summed E-state index contributed by atoms with van der Waals surface area (Å²) in [4.78, 5) is 14.4. The first-order valence-corrected chi connectivity index (χ1v) is 7.56. The Labute approximate surface area is 121 Å². The van der Waals surface area contributed by atoms with Crippen LogP contribution in [0.5, 0.6) is 0 Å². The van der Waals surface area contributed by atoms with E-state index in [-0.39, 0.29) is 5.91 Å². The van der Waals surface area contributed by atoms with Gasteiger partial charge in [-0.15, -0.1) is 11.6 Å². The van der Waals surface area contributed by atoms with Crippen molar-refractivity contribution >= 4 is 33.4 Å². The molecule has 0 radical (unpaired) electrons. The molecule has 0 saturated carbocycles. The SMILES string of the molecule is Cc1cccc(C(=O)N2CCC(CCCl)C2)c1Br. The van der Waals surface area contributed by atoms with Crippen LogP contribution in [0.2, 0.25) is 0 Å². The van der Waals surface area contributed by atoms with Gasteiger partial charge in [0.2, 0.25) is 0 Å². The zero-order valence-electron chi connectivity index (χ0n) is 10.5. The van der Waals surface area contributed by atoms with Gasteiger partial charge in [0.05, 0.1) is 5.56 Å². The van der Waals surface area contributed by atoms with E-state index in [2.05, 4.69) is 15.9 Å². The van der Waals surface area contributed by atoms with E-state index in [1.54, 1.807) is 0 Å². The molecule has 0 bridgehead atoms. The van der Waals surface area contributed by atoms with Gasteiger partial charge in [-0.3, -0.25) is 4.79 Å². The Hall–Kier alpha value is -0.540. The standard InChI is InChI=1S/C14H17BrClNO/c1-10-3-2-4-12(13(10)15)14(18)17-8-6-11(9-17)5-7-16/h2-4,11H,5-9H2,1H3. The lowest BCUT2D eigenvalue weighted by molar-refractivity contribution is 0.0786. The molecule has 1 fully saturated rings. The number of alkyl halides is 1. The lowest BCUT2D eigenvalue weighted by Crippen LogP contribution is -2.29. The number of carbonyl (C=O) groups is 1. The van der Waals surface area contributed by atoms with Crippen molar-refractivity contribution in [3.8, 4) is 0 Å². The second kappa shape index (κ2) is 6.07. The Kier molecular flexibility index (Phi) is 4.68. The molecular formula is C14H17BrClNO. The lowest BCUT2D eigenvalue weighted by Gasteiger charge is -2.18. The highest BCUT2D eigenvalue weighted by Crippen LogP contribution is 2.26. The lowest BCUT2D eigenvalue weighted by atomic mass is 10.1. The number of benzene rings is 1. The zero-order chi connectivity index (χ0) is 13.1. The maximum absolute atomic E-state index is 12.4. The van der Waals surface area contributed by atoms with E-state index in [0.29, 0.717) is 11.8 Å². The van der Waals surface area contributed by atoms with Gasteiger partial charge in [-0.25, -0.2) is 0 Å². The average Bonchev–Trinajstić information content (AvgIpc) is 2.81. The molecule has 1 unspecified atom stereocenters. The number of amides is 1. The minimum atomic E-state index is 0.127. The molecule has 0 aromatic heterocycles. The Morgan fingerprint density at radius 2 is 2.33 bits per heavy atom. The topological polar surface area (TPSA) is 20.3 Å². The molecule has 1 amide bonds. The van der Waals surface area contributed by atoms with Gasteiger partial charge in [0.25, 0.3) is 5.91 Å². The average molecular weight is 331 g/mol. The molecule has 4 heteroatoms. The first-order chi connectivity index (χ1) is 8.63. The highest BCUT2D eigenvalue weighted by molar-refractivity contribution is 9.10. The number of aryl methyl sites for hydroxylation is 1. The van der Waals surface area contributed by atoms with E-state index in [1.165, 1.54) is 0 Å². The maximum Gasteiger partial charge on any atom is 0.255 e. The Morgan fingerprint density at radius 3 is 3.06 bits per heavy atom. The van der Waals surface area contributed by atoms with Crippen LogP contribution in [0.4, 0.5) is 0 Å². The van der Waals surface area contributed by atoms with Gasteiger partial charge in [0, 0.05) is 23.4 Å². The first-order valence-electron chi connectivity index (χ1n) is 6.24. The summed E-state index contributed by atoms with van der Waals surface area (Å²) in [7, 11) is 0. The first kappa shape index (κ1) is 13.9. The highest BCUT2D eigenvalue weighted by atomic mass is 79.9. The highest BCUT2D eigenvalue weighted by Gasteiger charge is 2.27. The number of rotatable bonds is 3. The van der Waals surface area contributed by atoms with Gasteiger partial charge in [-0.2, -0.15) is 0 Å². The largest absolute Gasteiger partial charge is 0.338 e. The van der Waals surface area contributed by atoms with Gasteiger partial charge >= 0.3 is 0 Å². The van der Waals surface area contributed by atoms with Crippen LogP contribution in [0.15, 0.2) is 22.7 Å². The zero-order valence-corrected chi connectivity index (χ0v) is 12.8. The van der Waals surface area contributed by atoms with Gasteiger partial charge in [-0.1, -0.05) is 12.1 Å². The fourth-order valence-corrected chi connectivity index (χ4v) is 3.13. The smallest absolute Gasteiger partial charge is 0.255 e. The van der Waals surface area contributed by atoms with Crippen LogP contribution in [-0.2, 0) is 0 Å². The normalized spacial score (nSPS) is 19.3. The molecule has 1 aliphatic heterocycles. The maximum atomic E-state index is 12.4. The van der Waals surface area contributed by atoms with Crippen LogP contribution in [0, 0.1) is 12.8 Å². The van der Waals surface area contributed by atoms with Crippen LogP contribution < -0.4 is 0 Å². The summed E-state index contributed by atoms with van der Waals surface area (Å²) < 4.78 is 0.913. The third kappa shape index (κ3) is 2.89. The number of hydrogen-bond acceptors (Lipinski definition) is 1. The fraction of sp³-hybridized carbons (Fsp3) is 0.500. The molecular weight excluding hydrogens is 314 g/mol. The summed E-state index contributed by atoms with van der Waals surface area (Å²) in [5, 5.41) is 0. The van der Waals surface area contributed by atoms with Gasteiger partial charge in [-0.05, 0) is 53.2 Å². The molecule has 1 aromatic rings. The molecule has 0 spiro atoms. The van der Waals surface area contributed by atoms with Crippen molar-refractivity contribution in [2.24, 2.45) is 5.92 Å². The van der Waals surface area contributed by atoms with Crippen molar-refractivity contribution in [2.45, 2.75) is 19.8 Å². The van der Waals surface area contributed by atoms with Gasteiger partial charge in [0.15, 0.2) is 0 Å². The van der Waals surface area contributed by atoms with Gasteiger partial charge < -0.3 is 4.90 Å². The molecule has 1 aliphatic rings. The summed E-state index contributed by atoms with van der Waals surface area (Å²) in [5.74, 6) is 1.37. The molecule has 1 saturated heterocycles. The molecule has 1 aromatic carbocycles. The van der Waals surface area contributed by atoms with E-state index < -0.39 is 0 Å². The minimum Gasteiger partial charge on any atom is -0.338 e. The van der Waals surface area contributed by atoms with Crippen LogP contribution in [0.1, 0.15) is 28.8 Å². The third-order valence-corrected chi connectivity index (χ3v) is 4.78. The van der Waals surface area contributed by atoms with Crippen molar-refractivity contribution < 1.29 is 4.79 Å². The van der Waals surface area contributed by atoms with Gasteiger partial charge in [0.1, 0.15) is 0 Å². The number of likely N-dealkylation sites (tertiary alicyclic amines) is 1.